The van der Waals surface area contributed by atoms with E-state index < -0.39 is 5.97 Å². The van der Waals surface area contributed by atoms with Crippen molar-refractivity contribution < 1.29 is 14.7 Å². The van der Waals surface area contributed by atoms with Gasteiger partial charge < -0.3 is 10.0 Å². The zero-order chi connectivity index (χ0) is 12.5. The van der Waals surface area contributed by atoms with Crippen LogP contribution in [0.15, 0.2) is 0 Å². The highest BCUT2D eigenvalue weighted by Crippen LogP contribution is 2.26. The van der Waals surface area contributed by atoms with Gasteiger partial charge in [-0.15, -0.1) is 0 Å². The number of amides is 1. The summed E-state index contributed by atoms with van der Waals surface area (Å²) in [6.07, 6.45) is 0. The Kier molecular flexibility index (Phi) is 3.91. The molecule has 1 rings (SSSR count). The average molecular weight is 228 g/mol. The molecule has 16 heavy (non-hydrogen) atoms. The van der Waals surface area contributed by atoms with Crippen LogP contribution >= 0.6 is 0 Å². The normalized spacial score (nSPS) is 21.0. The van der Waals surface area contributed by atoms with Crippen LogP contribution in [0, 0.1) is 11.8 Å². The molecule has 1 saturated heterocycles. The second-order valence-electron chi connectivity index (χ2n) is 4.75. The zero-order valence-electron chi connectivity index (χ0n) is 10.3. The fourth-order valence-electron chi connectivity index (χ4n) is 1.91. The lowest BCUT2D eigenvalue weighted by Crippen LogP contribution is -2.58. The predicted molar refractivity (Wildman–Crippen MR) is 60.0 cm³/mol. The predicted octanol–water partition coefficient (Wildman–Crippen LogP) is 0.116. The summed E-state index contributed by atoms with van der Waals surface area (Å²) in [6, 6.07) is -0.146. The smallest absolute Gasteiger partial charge is 0.306 e. The molecular formula is C11H20N2O3. The third-order valence-electron chi connectivity index (χ3n) is 3.38. The van der Waals surface area contributed by atoms with Crippen LogP contribution in [0.3, 0.4) is 0 Å². The molecule has 2 unspecified atom stereocenters. The van der Waals surface area contributed by atoms with Crippen molar-refractivity contribution in [3.63, 3.8) is 0 Å². The molecule has 1 N–H and O–H groups in total. The van der Waals surface area contributed by atoms with Gasteiger partial charge >= 0.3 is 5.97 Å². The van der Waals surface area contributed by atoms with Crippen molar-refractivity contribution in [3.8, 4) is 0 Å². The number of hydrogen-bond acceptors (Lipinski definition) is 3. The lowest BCUT2D eigenvalue weighted by Gasteiger charge is -2.44. The number of hydrogen-bond donors (Lipinski definition) is 1. The topological polar surface area (TPSA) is 60.9 Å². The Balaban J connectivity index is 2.41. The second kappa shape index (κ2) is 4.82. The Bertz CT molecular complexity index is 285. The first-order valence-electron chi connectivity index (χ1n) is 5.52. The minimum absolute atomic E-state index is 0.0708. The van der Waals surface area contributed by atoms with Gasteiger partial charge in [-0.3, -0.25) is 14.5 Å². The molecule has 0 aromatic rings. The monoisotopic (exact) mass is 228 g/mol. The number of carbonyl (C=O) groups excluding carboxylic acids is 1. The molecule has 0 spiro atoms. The SMILES string of the molecule is CC(C(=O)O)C1CN(C(C)C(=O)N(C)C)C1. The molecule has 5 heteroatoms. The van der Waals surface area contributed by atoms with Crippen LogP contribution < -0.4 is 0 Å². The minimum Gasteiger partial charge on any atom is -0.481 e. The van der Waals surface area contributed by atoms with Crippen LogP contribution in [-0.4, -0.2) is 60.0 Å². The minimum atomic E-state index is -0.753. The molecule has 0 bridgehead atoms. The van der Waals surface area contributed by atoms with Crippen molar-refractivity contribution >= 4 is 11.9 Å². The summed E-state index contributed by atoms with van der Waals surface area (Å²) >= 11 is 0. The maximum atomic E-state index is 11.7. The van der Waals surface area contributed by atoms with E-state index in [2.05, 4.69) is 0 Å². The summed E-state index contributed by atoms with van der Waals surface area (Å²) < 4.78 is 0. The maximum Gasteiger partial charge on any atom is 0.306 e. The lowest BCUT2D eigenvalue weighted by atomic mass is 9.86. The molecule has 1 heterocycles. The quantitative estimate of drug-likeness (QED) is 0.742. The molecule has 5 nitrogen and oxygen atoms in total. The van der Waals surface area contributed by atoms with Crippen molar-refractivity contribution in [3.05, 3.63) is 0 Å². The molecule has 1 fully saturated rings. The van der Waals surface area contributed by atoms with Gasteiger partial charge in [-0.05, 0) is 12.8 Å². The van der Waals surface area contributed by atoms with Gasteiger partial charge in [0, 0.05) is 27.2 Å². The number of likely N-dealkylation sites (N-methyl/N-ethyl adjacent to an activating group) is 1. The van der Waals surface area contributed by atoms with E-state index in [0.717, 1.165) is 0 Å². The van der Waals surface area contributed by atoms with Gasteiger partial charge in [0.1, 0.15) is 0 Å². The standard InChI is InChI=1S/C11H20N2O3/c1-7(11(15)16)9-5-13(6-9)8(2)10(14)12(3)4/h7-9H,5-6H2,1-4H3,(H,15,16). The second-order valence-corrected chi connectivity index (χ2v) is 4.75. The van der Waals surface area contributed by atoms with E-state index in [0.29, 0.717) is 13.1 Å². The van der Waals surface area contributed by atoms with Gasteiger partial charge in [0.05, 0.1) is 12.0 Å². The molecule has 92 valence electrons. The fourth-order valence-corrected chi connectivity index (χ4v) is 1.91. The van der Waals surface area contributed by atoms with Gasteiger partial charge in [-0.25, -0.2) is 0 Å². The highest BCUT2D eigenvalue weighted by atomic mass is 16.4. The van der Waals surface area contributed by atoms with Crippen molar-refractivity contribution in [2.24, 2.45) is 11.8 Å². The number of carbonyl (C=O) groups is 2. The summed E-state index contributed by atoms with van der Waals surface area (Å²) in [4.78, 5) is 26.0. The summed E-state index contributed by atoms with van der Waals surface area (Å²) in [7, 11) is 3.46. The van der Waals surface area contributed by atoms with Gasteiger partial charge in [0.25, 0.3) is 0 Å². The number of nitrogens with zero attached hydrogens (tertiary/aromatic N) is 2. The Morgan fingerprint density at radius 2 is 1.81 bits per heavy atom. The molecule has 1 aliphatic rings. The molecule has 1 amide bonds. The molecule has 0 radical (unpaired) electrons. The van der Waals surface area contributed by atoms with Crippen LogP contribution in [0.1, 0.15) is 13.8 Å². The van der Waals surface area contributed by atoms with E-state index in [1.54, 1.807) is 25.9 Å². The lowest BCUT2D eigenvalue weighted by molar-refractivity contribution is -0.147. The van der Waals surface area contributed by atoms with E-state index in [9.17, 15) is 9.59 Å². The van der Waals surface area contributed by atoms with Gasteiger partial charge in [-0.2, -0.15) is 0 Å². The highest BCUT2D eigenvalue weighted by molar-refractivity contribution is 5.81. The number of carboxylic acid groups (broad SMARTS) is 1. The van der Waals surface area contributed by atoms with E-state index >= 15 is 0 Å². The summed E-state index contributed by atoms with van der Waals surface area (Å²) in [5, 5.41) is 8.85. The van der Waals surface area contributed by atoms with Crippen LogP contribution in [0.4, 0.5) is 0 Å². The van der Waals surface area contributed by atoms with Crippen LogP contribution in [0.2, 0.25) is 0 Å². The maximum absolute atomic E-state index is 11.7. The van der Waals surface area contributed by atoms with E-state index in [1.165, 1.54) is 0 Å². The molecule has 2 atom stereocenters. The Labute approximate surface area is 96.0 Å². The van der Waals surface area contributed by atoms with Gasteiger partial charge in [-0.1, -0.05) is 6.92 Å². The first-order valence-corrected chi connectivity index (χ1v) is 5.52. The summed E-state index contributed by atoms with van der Waals surface area (Å²) in [5.74, 6) is -0.828. The molecule has 0 aliphatic carbocycles. The van der Waals surface area contributed by atoms with Crippen molar-refractivity contribution in [1.82, 2.24) is 9.80 Å². The van der Waals surface area contributed by atoms with E-state index in [1.807, 2.05) is 11.8 Å². The molecule has 0 aromatic carbocycles. The van der Waals surface area contributed by atoms with Crippen LogP contribution in [-0.2, 0) is 9.59 Å². The number of likely N-dealkylation sites (tertiary alicyclic amines) is 1. The highest BCUT2D eigenvalue weighted by Gasteiger charge is 2.38. The summed E-state index contributed by atoms with van der Waals surface area (Å²) in [5.41, 5.74) is 0. The van der Waals surface area contributed by atoms with Gasteiger partial charge in [0.15, 0.2) is 0 Å². The Hall–Kier alpha value is -1.10. The van der Waals surface area contributed by atoms with Crippen molar-refractivity contribution in [1.29, 1.82) is 0 Å². The largest absolute Gasteiger partial charge is 0.481 e. The van der Waals surface area contributed by atoms with Gasteiger partial charge in [0.2, 0.25) is 5.91 Å². The Morgan fingerprint density at radius 1 is 1.31 bits per heavy atom. The molecule has 1 aliphatic heterocycles. The molecular weight excluding hydrogens is 208 g/mol. The molecule has 0 aromatic heterocycles. The van der Waals surface area contributed by atoms with E-state index in [-0.39, 0.29) is 23.8 Å². The van der Waals surface area contributed by atoms with Crippen LogP contribution in [0.25, 0.3) is 0 Å². The number of rotatable bonds is 4. The van der Waals surface area contributed by atoms with Crippen molar-refractivity contribution in [2.75, 3.05) is 27.2 Å². The number of aliphatic carboxylic acids is 1. The third-order valence-corrected chi connectivity index (χ3v) is 3.38. The van der Waals surface area contributed by atoms with Crippen molar-refractivity contribution in [2.45, 2.75) is 19.9 Å². The summed E-state index contributed by atoms with van der Waals surface area (Å²) in [6.45, 7) is 5.00. The fraction of sp³-hybridized carbons (Fsp3) is 0.818. The van der Waals surface area contributed by atoms with Crippen LogP contribution in [0.5, 0.6) is 0 Å². The number of carboxylic acids is 1. The average Bonchev–Trinajstić information content (AvgIpc) is 2.13. The third kappa shape index (κ3) is 2.52. The first kappa shape index (κ1) is 13.0. The van der Waals surface area contributed by atoms with E-state index in [4.69, 9.17) is 5.11 Å². The molecule has 0 saturated carbocycles. The first-order chi connectivity index (χ1) is 7.34. The Morgan fingerprint density at radius 3 is 2.19 bits per heavy atom. The zero-order valence-corrected chi connectivity index (χ0v) is 10.3.